The highest BCUT2D eigenvalue weighted by molar-refractivity contribution is 5.71. The molecule has 14 heavy (non-hydrogen) atoms. The van der Waals surface area contributed by atoms with Crippen LogP contribution in [0.3, 0.4) is 0 Å². The lowest BCUT2D eigenvalue weighted by atomic mass is 10.3. The second kappa shape index (κ2) is 4.27. The summed E-state index contributed by atoms with van der Waals surface area (Å²) < 4.78 is 4.76. The fourth-order valence-corrected chi connectivity index (χ4v) is 0.894. The van der Waals surface area contributed by atoms with E-state index in [4.69, 9.17) is 4.42 Å². The molecule has 1 amide bonds. The molecule has 0 aliphatic rings. The van der Waals surface area contributed by atoms with Crippen molar-refractivity contribution in [3.05, 3.63) is 34.8 Å². The van der Waals surface area contributed by atoms with Gasteiger partial charge in [0.1, 0.15) is 0 Å². The Bertz CT molecular complexity index is 444. The fourth-order valence-electron chi connectivity index (χ4n) is 0.894. The molecule has 3 N–H and O–H groups in total. The van der Waals surface area contributed by atoms with Gasteiger partial charge in [-0.25, -0.2) is 4.79 Å². The zero-order valence-corrected chi connectivity index (χ0v) is 7.61. The number of oxazole rings is 1. The Labute approximate surface area is 79.5 Å². The molecule has 0 unspecified atom stereocenters. The number of aromatic amines is 1. The molecular formula is C9H10N2O3. The molecule has 1 aromatic carbocycles. The summed E-state index contributed by atoms with van der Waals surface area (Å²) in [5, 5.41) is 0. The van der Waals surface area contributed by atoms with Gasteiger partial charge < -0.3 is 10.2 Å². The van der Waals surface area contributed by atoms with E-state index in [0.29, 0.717) is 5.58 Å². The van der Waals surface area contributed by atoms with Crippen molar-refractivity contribution >= 4 is 17.0 Å². The van der Waals surface area contributed by atoms with Crippen LogP contribution in [0.2, 0.25) is 0 Å². The lowest BCUT2D eigenvalue weighted by Crippen LogP contribution is -2.01. The van der Waals surface area contributed by atoms with E-state index >= 15 is 0 Å². The Morgan fingerprint density at radius 2 is 2.00 bits per heavy atom. The monoisotopic (exact) mass is 194 g/mol. The SMILES string of the molecule is CC(N)=O.O=c1[nH]c2ccccc2o1. The Kier molecular flexibility index (Phi) is 3.06. The average Bonchev–Trinajstić information content (AvgIpc) is 2.42. The standard InChI is InChI=1S/C7H5NO2.C2H5NO/c9-7-8-5-3-1-2-4-6(5)10-7;1-2(3)4/h1-4H,(H,8,9);1H3,(H2,3,4). The number of aromatic nitrogens is 1. The summed E-state index contributed by atoms with van der Waals surface area (Å²) in [5.41, 5.74) is 5.82. The number of para-hydroxylation sites is 2. The molecule has 5 nitrogen and oxygen atoms in total. The van der Waals surface area contributed by atoms with Gasteiger partial charge in [-0.3, -0.25) is 9.78 Å². The lowest BCUT2D eigenvalue weighted by molar-refractivity contribution is -0.115. The van der Waals surface area contributed by atoms with Crippen LogP contribution in [0.1, 0.15) is 6.92 Å². The maximum atomic E-state index is 10.6. The first-order valence-corrected chi connectivity index (χ1v) is 3.93. The maximum Gasteiger partial charge on any atom is 0.417 e. The van der Waals surface area contributed by atoms with Crippen molar-refractivity contribution in [3.8, 4) is 0 Å². The van der Waals surface area contributed by atoms with E-state index in [-0.39, 0.29) is 5.91 Å². The molecule has 2 aromatic rings. The zero-order chi connectivity index (χ0) is 10.6. The van der Waals surface area contributed by atoms with E-state index in [0.717, 1.165) is 5.52 Å². The number of hydrogen-bond donors (Lipinski definition) is 2. The number of carbonyl (C=O) groups is 1. The molecule has 74 valence electrons. The van der Waals surface area contributed by atoms with Gasteiger partial charge >= 0.3 is 5.76 Å². The highest BCUT2D eigenvalue weighted by atomic mass is 16.4. The molecule has 0 saturated carbocycles. The summed E-state index contributed by atoms with van der Waals surface area (Å²) in [6.07, 6.45) is 0. The number of nitrogens with one attached hydrogen (secondary N) is 1. The smallest absolute Gasteiger partial charge is 0.408 e. The summed E-state index contributed by atoms with van der Waals surface area (Å²) in [4.78, 5) is 22.3. The van der Waals surface area contributed by atoms with Gasteiger partial charge in [0, 0.05) is 6.92 Å². The Balaban J connectivity index is 0.000000213. The van der Waals surface area contributed by atoms with Gasteiger partial charge in [-0.1, -0.05) is 12.1 Å². The molecule has 0 atom stereocenters. The number of hydrogen-bond acceptors (Lipinski definition) is 3. The predicted octanol–water partition coefficient (Wildman–Crippen LogP) is 0.613. The molecule has 0 radical (unpaired) electrons. The Morgan fingerprint density at radius 1 is 1.43 bits per heavy atom. The summed E-state index contributed by atoms with van der Waals surface area (Å²) >= 11 is 0. The number of nitrogens with two attached hydrogens (primary N) is 1. The van der Waals surface area contributed by atoms with Crippen LogP contribution >= 0.6 is 0 Å². The first-order valence-electron chi connectivity index (χ1n) is 3.93. The van der Waals surface area contributed by atoms with E-state index in [1.165, 1.54) is 6.92 Å². The zero-order valence-electron chi connectivity index (χ0n) is 7.61. The van der Waals surface area contributed by atoms with Gasteiger partial charge in [0.2, 0.25) is 5.91 Å². The first-order chi connectivity index (χ1) is 6.59. The second-order valence-electron chi connectivity index (χ2n) is 2.62. The van der Waals surface area contributed by atoms with Gasteiger partial charge in [0.15, 0.2) is 5.58 Å². The molecule has 0 fully saturated rings. The van der Waals surface area contributed by atoms with Crippen LogP contribution in [0, 0.1) is 0 Å². The van der Waals surface area contributed by atoms with Gasteiger partial charge in [0.05, 0.1) is 5.52 Å². The van der Waals surface area contributed by atoms with E-state index < -0.39 is 5.76 Å². The largest absolute Gasteiger partial charge is 0.417 e. The van der Waals surface area contributed by atoms with Crippen molar-refractivity contribution < 1.29 is 9.21 Å². The van der Waals surface area contributed by atoms with Gasteiger partial charge in [-0.05, 0) is 12.1 Å². The number of primary amides is 1. The fraction of sp³-hybridized carbons (Fsp3) is 0.111. The summed E-state index contributed by atoms with van der Waals surface area (Å²) in [6.45, 7) is 1.31. The third-order valence-electron chi connectivity index (χ3n) is 1.33. The third kappa shape index (κ3) is 2.78. The predicted molar refractivity (Wildman–Crippen MR) is 51.7 cm³/mol. The van der Waals surface area contributed by atoms with E-state index in [1.807, 2.05) is 12.1 Å². The van der Waals surface area contributed by atoms with E-state index in [2.05, 4.69) is 10.7 Å². The molecule has 5 heteroatoms. The van der Waals surface area contributed by atoms with Crippen molar-refractivity contribution in [2.45, 2.75) is 6.92 Å². The Hall–Kier alpha value is -2.04. The van der Waals surface area contributed by atoms with Crippen LogP contribution in [0.25, 0.3) is 11.1 Å². The van der Waals surface area contributed by atoms with Crippen molar-refractivity contribution in [1.29, 1.82) is 0 Å². The summed E-state index contributed by atoms with van der Waals surface area (Å²) in [6, 6.07) is 7.19. The summed E-state index contributed by atoms with van der Waals surface area (Å²) in [5.74, 6) is -0.735. The average molecular weight is 194 g/mol. The van der Waals surface area contributed by atoms with Crippen LogP contribution in [0.15, 0.2) is 33.5 Å². The van der Waals surface area contributed by atoms with Crippen LogP contribution in [0.5, 0.6) is 0 Å². The van der Waals surface area contributed by atoms with Crippen LogP contribution in [0.4, 0.5) is 0 Å². The molecule has 1 aromatic heterocycles. The van der Waals surface area contributed by atoms with Crippen molar-refractivity contribution in [3.63, 3.8) is 0 Å². The van der Waals surface area contributed by atoms with Gasteiger partial charge in [0.25, 0.3) is 0 Å². The molecule has 2 rings (SSSR count). The van der Waals surface area contributed by atoms with Gasteiger partial charge in [-0.2, -0.15) is 0 Å². The number of rotatable bonds is 0. The van der Waals surface area contributed by atoms with Crippen molar-refractivity contribution in [1.82, 2.24) is 4.98 Å². The number of carbonyl (C=O) groups excluding carboxylic acids is 1. The number of amides is 1. The van der Waals surface area contributed by atoms with Crippen molar-refractivity contribution in [2.75, 3.05) is 0 Å². The summed E-state index contributed by atoms with van der Waals surface area (Å²) in [7, 11) is 0. The molecular weight excluding hydrogens is 184 g/mol. The van der Waals surface area contributed by atoms with Crippen LogP contribution < -0.4 is 11.5 Å². The minimum atomic E-state index is -0.402. The van der Waals surface area contributed by atoms with E-state index in [1.54, 1.807) is 12.1 Å². The molecule has 0 spiro atoms. The molecule has 0 bridgehead atoms. The highest BCUT2D eigenvalue weighted by Crippen LogP contribution is 2.06. The first kappa shape index (κ1) is 10.0. The highest BCUT2D eigenvalue weighted by Gasteiger charge is 1.95. The molecule has 1 heterocycles. The minimum Gasteiger partial charge on any atom is -0.408 e. The number of fused-ring (bicyclic) bond motifs is 1. The second-order valence-corrected chi connectivity index (χ2v) is 2.62. The Morgan fingerprint density at radius 3 is 2.57 bits per heavy atom. The van der Waals surface area contributed by atoms with Crippen LogP contribution in [-0.2, 0) is 4.79 Å². The van der Waals surface area contributed by atoms with Crippen LogP contribution in [-0.4, -0.2) is 10.9 Å². The molecule has 0 saturated heterocycles. The quantitative estimate of drug-likeness (QED) is 0.644. The topological polar surface area (TPSA) is 89.1 Å². The molecule has 0 aliphatic carbocycles. The lowest BCUT2D eigenvalue weighted by Gasteiger charge is -1.79. The maximum absolute atomic E-state index is 10.6. The minimum absolute atomic E-state index is 0.333. The molecule has 0 aliphatic heterocycles. The van der Waals surface area contributed by atoms with E-state index in [9.17, 15) is 9.59 Å². The van der Waals surface area contributed by atoms with Gasteiger partial charge in [-0.15, -0.1) is 0 Å². The number of H-pyrrole nitrogens is 1. The third-order valence-corrected chi connectivity index (χ3v) is 1.33. The van der Waals surface area contributed by atoms with Crippen molar-refractivity contribution in [2.24, 2.45) is 5.73 Å². The normalized spacial score (nSPS) is 9.21. The number of benzene rings is 1.